The Hall–Kier alpha value is -0.160. The van der Waals surface area contributed by atoms with Crippen molar-refractivity contribution in [3.8, 4) is 0 Å². The second-order valence-electron chi connectivity index (χ2n) is 4.05. The van der Waals surface area contributed by atoms with Crippen LogP contribution in [0.1, 0.15) is 12.6 Å². The molecule has 0 aliphatic carbocycles. The number of nitrogens with zero attached hydrogens (tertiary/aromatic N) is 2. The van der Waals surface area contributed by atoms with Crippen molar-refractivity contribution in [1.82, 2.24) is 4.98 Å². The van der Waals surface area contributed by atoms with E-state index in [0.717, 1.165) is 17.4 Å². The molecule has 80 valence electrons. The van der Waals surface area contributed by atoms with E-state index in [1.807, 2.05) is 18.3 Å². The van der Waals surface area contributed by atoms with Gasteiger partial charge in [-0.25, -0.2) is 0 Å². The molecule has 0 unspecified atom stereocenters. The van der Waals surface area contributed by atoms with Crippen LogP contribution in [0.3, 0.4) is 0 Å². The first-order valence-electron chi connectivity index (χ1n) is 4.86. The second kappa shape index (κ2) is 6.35. The van der Waals surface area contributed by atoms with Crippen LogP contribution in [0.5, 0.6) is 0 Å². The zero-order chi connectivity index (χ0) is 9.73. The Morgan fingerprint density at radius 3 is 2.50 bits per heavy atom. The van der Waals surface area contributed by atoms with Crippen molar-refractivity contribution >= 4 is 0 Å². The van der Waals surface area contributed by atoms with Crippen molar-refractivity contribution in [2.45, 2.75) is 13.3 Å². The molecule has 0 spiro atoms. The van der Waals surface area contributed by atoms with E-state index in [9.17, 15) is 0 Å². The van der Waals surface area contributed by atoms with Crippen molar-refractivity contribution in [1.29, 1.82) is 0 Å². The van der Waals surface area contributed by atoms with Crippen molar-refractivity contribution in [3.05, 3.63) is 30.1 Å². The Balaban J connectivity index is 0.00000169. The van der Waals surface area contributed by atoms with E-state index in [-0.39, 0.29) is 24.0 Å². The average Bonchev–Trinajstić information content (AvgIpc) is 2.17. The van der Waals surface area contributed by atoms with E-state index in [1.54, 1.807) is 0 Å². The third kappa shape index (κ3) is 4.91. The molecule has 0 aliphatic rings. The Kier molecular flexibility index (Phi) is 6.27. The van der Waals surface area contributed by atoms with Gasteiger partial charge in [-0.15, -0.1) is 0 Å². The smallest absolute Gasteiger partial charge is 0.0838 e. The molecule has 0 saturated heterocycles. The van der Waals surface area contributed by atoms with Gasteiger partial charge in [0.15, 0.2) is 0 Å². The van der Waals surface area contributed by atoms with Crippen molar-refractivity contribution in [3.63, 3.8) is 0 Å². The van der Waals surface area contributed by atoms with Gasteiger partial charge in [-0.05, 0) is 19.1 Å². The molecule has 1 aromatic rings. The minimum absolute atomic E-state index is 0. The molecule has 1 heterocycles. The van der Waals surface area contributed by atoms with Crippen LogP contribution in [-0.4, -0.2) is 36.7 Å². The lowest BCUT2D eigenvalue weighted by Gasteiger charge is -2.27. The number of quaternary nitrogens is 1. The molecule has 1 aromatic heterocycles. The topological polar surface area (TPSA) is 12.9 Å². The summed E-state index contributed by atoms with van der Waals surface area (Å²) in [5.74, 6) is 0. The van der Waals surface area contributed by atoms with Gasteiger partial charge < -0.3 is 28.5 Å². The first-order chi connectivity index (χ1) is 6.14. The highest BCUT2D eigenvalue weighted by Gasteiger charge is 2.11. The fourth-order valence-electron chi connectivity index (χ4n) is 1.12. The fourth-order valence-corrected chi connectivity index (χ4v) is 1.12. The maximum absolute atomic E-state index is 4.31. The summed E-state index contributed by atoms with van der Waals surface area (Å²) in [5.41, 5.74) is 1.20. The van der Waals surface area contributed by atoms with Crippen LogP contribution in [0.2, 0.25) is 0 Å². The van der Waals surface area contributed by atoms with Crippen LogP contribution in [0, 0.1) is 0 Å². The molecule has 14 heavy (non-hydrogen) atoms. The highest BCUT2D eigenvalue weighted by Crippen LogP contribution is 2.01. The lowest BCUT2D eigenvalue weighted by molar-refractivity contribution is -0.888. The number of likely N-dealkylation sites (N-methyl/N-ethyl adjacent to an activating group) is 1. The summed E-state index contributed by atoms with van der Waals surface area (Å²) in [6, 6.07) is 6.10. The molecule has 0 aromatic carbocycles. The third-order valence-corrected chi connectivity index (χ3v) is 2.56. The Morgan fingerprint density at radius 1 is 1.29 bits per heavy atom. The van der Waals surface area contributed by atoms with E-state index < -0.39 is 0 Å². The maximum Gasteiger partial charge on any atom is 0.0838 e. The van der Waals surface area contributed by atoms with Gasteiger partial charge in [0.05, 0.1) is 27.2 Å². The SMILES string of the molecule is CC[N+](C)(C)CCc1ccccn1.[I-]. The van der Waals surface area contributed by atoms with Gasteiger partial charge in [-0.1, -0.05) is 6.07 Å². The van der Waals surface area contributed by atoms with Gasteiger partial charge >= 0.3 is 0 Å². The van der Waals surface area contributed by atoms with E-state index in [2.05, 4.69) is 32.1 Å². The molecular weight excluding hydrogens is 287 g/mol. The molecule has 0 radical (unpaired) electrons. The molecule has 0 bridgehead atoms. The van der Waals surface area contributed by atoms with E-state index >= 15 is 0 Å². The standard InChI is InChI=1S/C11H19N2.HI/c1-4-13(2,3)10-8-11-7-5-6-9-12-11;/h5-7,9H,4,8,10H2,1-3H3;1H/q+1;/p-1. The predicted molar refractivity (Wildman–Crippen MR) is 55.5 cm³/mol. The molecule has 3 heteroatoms. The van der Waals surface area contributed by atoms with Crippen molar-refractivity contribution < 1.29 is 28.5 Å². The fraction of sp³-hybridized carbons (Fsp3) is 0.545. The molecule has 0 amide bonds. The number of rotatable bonds is 4. The summed E-state index contributed by atoms with van der Waals surface area (Å²) < 4.78 is 1.07. The van der Waals surface area contributed by atoms with Crippen LogP contribution in [0.25, 0.3) is 0 Å². The molecule has 0 N–H and O–H groups in total. The lowest BCUT2D eigenvalue weighted by Crippen LogP contribution is -3.00. The summed E-state index contributed by atoms with van der Waals surface area (Å²) in [6.45, 7) is 4.55. The van der Waals surface area contributed by atoms with E-state index in [4.69, 9.17) is 0 Å². The van der Waals surface area contributed by atoms with Crippen LogP contribution >= 0.6 is 0 Å². The number of hydrogen-bond donors (Lipinski definition) is 0. The van der Waals surface area contributed by atoms with Gasteiger partial charge in [-0.2, -0.15) is 0 Å². The molecule has 2 nitrogen and oxygen atoms in total. The lowest BCUT2D eigenvalue weighted by atomic mass is 10.2. The number of aromatic nitrogens is 1. The van der Waals surface area contributed by atoms with E-state index in [1.165, 1.54) is 12.2 Å². The van der Waals surface area contributed by atoms with Crippen molar-refractivity contribution in [2.75, 3.05) is 27.2 Å². The molecule has 0 saturated carbocycles. The average molecular weight is 306 g/mol. The van der Waals surface area contributed by atoms with Gasteiger partial charge in [0.1, 0.15) is 0 Å². The molecule has 0 fully saturated rings. The highest BCUT2D eigenvalue weighted by atomic mass is 127. The second-order valence-corrected chi connectivity index (χ2v) is 4.05. The molecule has 0 aliphatic heterocycles. The van der Waals surface area contributed by atoms with Crippen molar-refractivity contribution in [2.24, 2.45) is 0 Å². The largest absolute Gasteiger partial charge is 1.00 e. The third-order valence-electron chi connectivity index (χ3n) is 2.56. The van der Waals surface area contributed by atoms with Crippen LogP contribution in [0.15, 0.2) is 24.4 Å². The highest BCUT2D eigenvalue weighted by molar-refractivity contribution is 5.03. The van der Waals surface area contributed by atoms with E-state index in [0.29, 0.717) is 0 Å². The molecule has 1 rings (SSSR count). The van der Waals surface area contributed by atoms with Gasteiger partial charge in [0, 0.05) is 18.3 Å². The summed E-state index contributed by atoms with van der Waals surface area (Å²) in [5, 5.41) is 0. The molecule has 0 atom stereocenters. The predicted octanol–water partition coefficient (Wildman–Crippen LogP) is -1.28. The Morgan fingerprint density at radius 2 is 2.00 bits per heavy atom. The zero-order valence-corrected chi connectivity index (χ0v) is 11.4. The van der Waals surface area contributed by atoms with Gasteiger partial charge in [-0.3, -0.25) is 4.98 Å². The zero-order valence-electron chi connectivity index (χ0n) is 9.20. The van der Waals surface area contributed by atoms with Gasteiger partial charge in [0.25, 0.3) is 0 Å². The summed E-state index contributed by atoms with van der Waals surface area (Å²) >= 11 is 0. The van der Waals surface area contributed by atoms with Crippen LogP contribution in [0.4, 0.5) is 0 Å². The summed E-state index contributed by atoms with van der Waals surface area (Å²) in [6.07, 6.45) is 2.93. The van der Waals surface area contributed by atoms with Gasteiger partial charge in [0.2, 0.25) is 0 Å². The monoisotopic (exact) mass is 306 g/mol. The molecular formula is C11H19IN2. The normalized spacial score (nSPS) is 10.8. The first kappa shape index (κ1) is 13.8. The summed E-state index contributed by atoms with van der Waals surface area (Å²) in [7, 11) is 4.51. The minimum atomic E-state index is 0. The first-order valence-corrected chi connectivity index (χ1v) is 4.86. The number of halogens is 1. The van der Waals surface area contributed by atoms with Crippen LogP contribution in [-0.2, 0) is 6.42 Å². The maximum atomic E-state index is 4.31. The summed E-state index contributed by atoms with van der Waals surface area (Å²) in [4.78, 5) is 4.31. The minimum Gasteiger partial charge on any atom is -1.00 e. The Bertz CT molecular complexity index is 247. The van der Waals surface area contributed by atoms with Crippen LogP contribution < -0.4 is 24.0 Å². The number of hydrogen-bond acceptors (Lipinski definition) is 1. The number of pyridine rings is 1. The quantitative estimate of drug-likeness (QED) is 0.499. The Labute approximate surface area is 104 Å².